The Labute approximate surface area is 388 Å². The number of methoxy groups -OCH3 is 1. The molecule has 3 aliphatic heterocycles. The van der Waals surface area contributed by atoms with E-state index in [2.05, 4.69) is 38.1 Å². The van der Waals surface area contributed by atoms with Crippen molar-refractivity contribution >= 4 is 46.9 Å². The summed E-state index contributed by atoms with van der Waals surface area (Å²) in [6.45, 7) is 6.80. The lowest BCUT2D eigenvalue weighted by molar-refractivity contribution is -0.190. The lowest BCUT2D eigenvalue weighted by Gasteiger charge is -2.33. The van der Waals surface area contributed by atoms with Gasteiger partial charge < -0.3 is 70.0 Å². The number of aryl methyl sites for hydroxylation is 2. The first kappa shape index (κ1) is 48.0. The van der Waals surface area contributed by atoms with Gasteiger partial charge >= 0.3 is 6.09 Å². The molecular formula is C47H60N10O10. The van der Waals surface area contributed by atoms with E-state index in [1.54, 1.807) is 60.1 Å². The predicted octanol–water partition coefficient (Wildman–Crippen LogP) is 4.74. The molecule has 67 heavy (non-hydrogen) atoms. The second-order valence-corrected chi connectivity index (χ2v) is 16.6. The average molecular weight is 925 g/mol. The van der Waals surface area contributed by atoms with Crippen LogP contribution in [0.25, 0.3) is 11.1 Å². The molecule has 5 amide bonds. The fourth-order valence-corrected chi connectivity index (χ4v) is 8.07. The predicted molar refractivity (Wildman–Crippen MR) is 249 cm³/mol. The zero-order valence-electron chi connectivity index (χ0n) is 38.2. The van der Waals surface area contributed by atoms with Gasteiger partial charge in [0.2, 0.25) is 11.7 Å². The Morgan fingerprint density at radius 1 is 0.925 bits per heavy atom. The molecule has 358 valence electrons. The topological polar surface area (TPSA) is 244 Å². The first-order valence-electron chi connectivity index (χ1n) is 22.6. The van der Waals surface area contributed by atoms with Gasteiger partial charge in [-0.15, -0.1) is 0 Å². The summed E-state index contributed by atoms with van der Waals surface area (Å²) in [5.74, 6) is -0.120. The first-order chi connectivity index (χ1) is 32.4. The third-order valence-corrected chi connectivity index (χ3v) is 11.5. The lowest BCUT2D eigenvalue weighted by Crippen LogP contribution is -2.47. The fraction of sp³-hybridized carbons (Fsp3) is 0.447. The summed E-state index contributed by atoms with van der Waals surface area (Å²) in [4.78, 5) is 70.7. The van der Waals surface area contributed by atoms with Crippen molar-refractivity contribution in [1.82, 2.24) is 29.7 Å². The van der Waals surface area contributed by atoms with E-state index in [-0.39, 0.29) is 61.3 Å². The minimum absolute atomic E-state index is 0.0884. The van der Waals surface area contributed by atoms with Crippen molar-refractivity contribution in [2.24, 2.45) is 19.8 Å². The minimum Gasteiger partial charge on any atom is -0.493 e. The number of fused-ring (bicyclic) bond motifs is 2. The van der Waals surface area contributed by atoms with E-state index in [1.807, 2.05) is 18.3 Å². The van der Waals surface area contributed by atoms with Crippen LogP contribution in [-0.2, 0) is 33.1 Å². The second kappa shape index (κ2) is 22.5. The van der Waals surface area contributed by atoms with Gasteiger partial charge in [-0.2, -0.15) is 0 Å². The van der Waals surface area contributed by atoms with E-state index in [1.165, 1.54) is 11.7 Å². The number of imidazole rings is 1. The molecular weight excluding hydrogens is 865 g/mol. The number of aromatic nitrogens is 3. The number of hydrogen-bond donors (Lipinski definition) is 6. The summed E-state index contributed by atoms with van der Waals surface area (Å²) in [5, 5.41) is 14.5. The Hall–Kier alpha value is -6.90. The van der Waals surface area contributed by atoms with Crippen LogP contribution in [0, 0.1) is 0 Å². The number of benzene rings is 2. The molecule has 3 atom stereocenters. The maximum atomic E-state index is 13.8. The molecule has 7 N–H and O–H groups in total. The van der Waals surface area contributed by atoms with Gasteiger partial charge in [0, 0.05) is 76.5 Å². The molecule has 4 aromatic rings. The van der Waals surface area contributed by atoms with Gasteiger partial charge in [0.05, 0.1) is 37.6 Å². The van der Waals surface area contributed by atoms with E-state index in [4.69, 9.17) is 29.4 Å². The summed E-state index contributed by atoms with van der Waals surface area (Å²) in [6.07, 6.45) is 6.92. The molecule has 2 aromatic carbocycles. The number of nitrogens with two attached hydrogens (primary N) is 1. The van der Waals surface area contributed by atoms with Crippen LogP contribution in [0.4, 0.5) is 22.0 Å². The highest BCUT2D eigenvalue weighted by molar-refractivity contribution is 6.03. The molecule has 2 unspecified atom stereocenters. The molecule has 3 aliphatic rings. The van der Waals surface area contributed by atoms with Crippen LogP contribution in [0.2, 0.25) is 0 Å². The molecule has 2 saturated heterocycles. The van der Waals surface area contributed by atoms with Crippen LogP contribution in [0.1, 0.15) is 82.8 Å². The van der Waals surface area contributed by atoms with E-state index in [0.29, 0.717) is 92.6 Å². The Morgan fingerprint density at radius 3 is 2.49 bits per heavy atom. The molecule has 0 aliphatic carbocycles. The number of amides is 5. The van der Waals surface area contributed by atoms with Crippen molar-refractivity contribution < 1.29 is 47.7 Å². The number of nitrogens with one attached hydrogen (secondary N) is 5. The number of hydrogen-bond acceptors (Lipinski definition) is 13. The molecule has 20 nitrogen and oxygen atoms in total. The number of alkyl carbamates (subject to hydrolysis) is 1. The fourth-order valence-electron chi connectivity index (χ4n) is 8.07. The third-order valence-electron chi connectivity index (χ3n) is 11.5. The lowest BCUT2D eigenvalue weighted by atomic mass is 10.1. The molecule has 5 heterocycles. The second-order valence-electron chi connectivity index (χ2n) is 16.6. The largest absolute Gasteiger partial charge is 0.493 e. The molecule has 2 aromatic heterocycles. The summed E-state index contributed by atoms with van der Waals surface area (Å²) in [6, 6.07) is 12.1. The zero-order chi connectivity index (χ0) is 47.5. The molecule has 0 radical (unpaired) electrons. The van der Waals surface area contributed by atoms with Gasteiger partial charge in [-0.3, -0.25) is 19.2 Å². The molecule has 0 spiro atoms. The van der Waals surface area contributed by atoms with Gasteiger partial charge in [0.1, 0.15) is 5.69 Å². The van der Waals surface area contributed by atoms with Crippen LogP contribution in [0.15, 0.2) is 67.0 Å². The number of ether oxygens (including phenoxy) is 5. The quantitative estimate of drug-likeness (QED) is 0.0519. The van der Waals surface area contributed by atoms with Crippen molar-refractivity contribution in [2.45, 2.75) is 69.9 Å². The van der Waals surface area contributed by atoms with Gasteiger partial charge in [-0.05, 0) is 81.3 Å². The van der Waals surface area contributed by atoms with Crippen molar-refractivity contribution in [3.63, 3.8) is 0 Å². The smallest absolute Gasteiger partial charge is 0.407 e. The highest BCUT2D eigenvalue weighted by atomic mass is 16.7. The van der Waals surface area contributed by atoms with E-state index >= 15 is 0 Å². The average Bonchev–Trinajstić information content (AvgIpc) is 4.01. The van der Waals surface area contributed by atoms with Gasteiger partial charge in [-0.25, -0.2) is 9.78 Å². The monoisotopic (exact) mass is 924 g/mol. The highest BCUT2D eigenvalue weighted by Crippen LogP contribution is 2.40. The van der Waals surface area contributed by atoms with Crippen molar-refractivity contribution in [2.75, 3.05) is 69.1 Å². The molecule has 20 heteroatoms. The molecule has 7 rings (SSSR count). The van der Waals surface area contributed by atoms with Crippen molar-refractivity contribution in [3.8, 4) is 22.6 Å². The van der Waals surface area contributed by atoms with Gasteiger partial charge in [0.15, 0.2) is 29.8 Å². The number of carbonyl (C=O) groups is 5. The Balaban J connectivity index is 0.869. The molecule has 2 fully saturated rings. The number of nitrogens with zero attached hydrogens (tertiary/aromatic N) is 4. The van der Waals surface area contributed by atoms with E-state index in [9.17, 15) is 24.0 Å². The summed E-state index contributed by atoms with van der Waals surface area (Å²) in [7, 11) is 4.94. The summed E-state index contributed by atoms with van der Waals surface area (Å²) in [5.41, 5.74) is 9.97. The van der Waals surface area contributed by atoms with Crippen molar-refractivity contribution in [1.29, 1.82) is 0 Å². The SMILES string of the molecule is C=C1C[C@H]2C(OC3CCCCO3)Nc3cc(OCCCC(=O)Nc4cn(C)c(C(=O)Nc5ccc(-c6cc(C(=O)NCCCOC(=O)NCCCN)n(C)c6)cc5)n4)c(OC)cc3C(=O)N2C1. The van der Waals surface area contributed by atoms with Crippen LogP contribution < -0.4 is 41.8 Å². The summed E-state index contributed by atoms with van der Waals surface area (Å²) < 4.78 is 32.4. The minimum atomic E-state index is -0.527. The maximum absolute atomic E-state index is 13.8. The van der Waals surface area contributed by atoms with Gasteiger partial charge in [0.25, 0.3) is 17.7 Å². The maximum Gasteiger partial charge on any atom is 0.407 e. The van der Waals surface area contributed by atoms with Crippen molar-refractivity contribution in [3.05, 3.63) is 84.1 Å². The zero-order valence-corrected chi connectivity index (χ0v) is 38.2. The van der Waals surface area contributed by atoms with Crippen LogP contribution >= 0.6 is 0 Å². The molecule has 0 saturated carbocycles. The Bertz CT molecular complexity index is 2430. The Kier molecular flexibility index (Phi) is 16.2. The highest BCUT2D eigenvalue weighted by Gasteiger charge is 2.43. The molecule has 0 bridgehead atoms. The normalized spacial score (nSPS) is 17.7. The number of carbonyl (C=O) groups excluding carboxylic acids is 5. The van der Waals surface area contributed by atoms with E-state index in [0.717, 1.165) is 36.0 Å². The number of rotatable bonds is 20. The first-order valence-corrected chi connectivity index (χ1v) is 22.6. The Morgan fingerprint density at radius 2 is 1.73 bits per heavy atom. The standard InChI is InChI=1S/C47H60N10O10/c1-29-22-36-45(67-41-11-5-6-19-65-41)52-34-25-38(37(63-4)24-33(34)46(61)57(36)26-29)64-20-7-10-40(58)53-39-28-56(3)42(54-39)44(60)51-32-14-12-30(13-15-32)31-23-35(55(2)27-31)43(59)49-18-9-21-66-47(62)50-17-8-16-48/h12-15,23-25,27-28,36,41,45,52H,1,5-11,16-22,26,48H2,2-4H3,(H,49,59)(H,50,62)(H,51,60)(H,53,58)/t36-,41?,45?/m0/s1. The van der Waals surface area contributed by atoms with Crippen LogP contribution in [0.5, 0.6) is 11.5 Å². The van der Waals surface area contributed by atoms with E-state index < -0.39 is 18.2 Å². The van der Waals surface area contributed by atoms with Gasteiger partial charge in [-0.1, -0.05) is 24.3 Å². The summed E-state index contributed by atoms with van der Waals surface area (Å²) >= 11 is 0. The third kappa shape index (κ3) is 12.3. The van der Waals surface area contributed by atoms with Crippen LogP contribution in [0.3, 0.4) is 0 Å². The van der Waals surface area contributed by atoms with Crippen LogP contribution in [-0.4, -0.2) is 120 Å². The number of anilines is 3.